The van der Waals surface area contributed by atoms with E-state index in [1.165, 1.54) is 6.07 Å². The predicted octanol–water partition coefficient (Wildman–Crippen LogP) is 4.60. The van der Waals surface area contributed by atoms with E-state index in [4.69, 9.17) is 14.3 Å². The Balaban J connectivity index is 1.68. The van der Waals surface area contributed by atoms with E-state index in [0.717, 1.165) is 12.8 Å². The third-order valence-electron chi connectivity index (χ3n) is 5.39. The van der Waals surface area contributed by atoms with E-state index >= 15 is 0 Å². The molecule has 7 nitrogen and oxygen atoms in total. The number of fused-ring (bicyclic) bond motifs is 1. The third kappa shape index (κ3) is 6.06. The molecule has 0 aliphatic carbocycles. The number of hydrogen-bond donors (Lipinski definition) is 0. The van der Waals surface area contributed by atoms with Crippen LogP contribution in [-0.2, 0) is 16.0 Å². The Morgan fingerprint density at radius 3 is 2.71 bits per heavy atom. The number of piperidine rings is 1. The van der Waals surface area contributed by atoms with Crippen molar-refractivity contribution in [3.63, 3.8) is 0 Å². The van der Waals surface area contributed by atoms with Gasteiger partial charge in [0.25, 0.3) is 0 Å². The highest BCUT2D eigenvalue weighted by Crippen LogP contribution is 2.25. The van der Waals surface area contributed by atoms with Crippen molar-refractivity contribution in [3.05, 3.63) is 29.5 Å². The third-order valence-corrected chi connectivity index (χ3v) is 5.39. The van der Waals surface area contributed by atoms with Crippen molar-refractivity contribution in [2.75, 3.05) is 26.7 Å². The molecule has 31 heavy (non-hydrogen) atoms. The van der Waals surface area contributed by atoms with Gasteiger partial charge >= 0.3 is 6.09 Å². The zero-order chi connectivity index (χ0) is 28.7. The molecular weight excluding hydrogens is 394 g/mol. The molecule has 0 N–H and O–H groups in total. The Bertz CT molecular complexity index is 1180. The molecule has 0 spiro atoms. The molecule has 0 bridgehead atoms. The Hall–Kier alpha value is -2.41. The van der Waals surface area contributed by atoms with Crippen LogP contribution in [0.15, 0.2) is 18.3 Å². The monoisotopic (exact) mass is 436 g/mol. The highest BCUT2D eigenvalue weighted by Gasteiger charge is 2.27. The molecule has 1 aliphatic rings. The Kier molecular flexibility index (Phi) is 4.87. The van der Waals surface area contributed by atoms with Crippen LogP contribution in [0.25, 0.3) is 10.9 Å². The SMILES string of the molecule is [2H]C([2H])([2H])OC([2H])([2H])C([2H])([2H])CC(=O)c1ccc2nn(CC3CCN(C(=O)OC(C)(C)C)CC3)cc2c1C. The van der Waals surface area contributed by atoms with Crippen LogP contribution in [0.1, 0.15) is 71.9 Å². The number of benzene rings is 1. The highest BCUT2D eigenvalue weighted by atomic mass is 16.6. The standard InChI is InChI=1S/C24H35N3O4/c1-17-19(22(28)7-6-14-30-5)8-9-21-20(17)16-27(25-21)15-18-10-12-26(13-11-18)23(29)31-24(2,3)4/h8-9,16,18H,6-7,10-15H2,1-5H3/i5D3,6D2,14D2. The van der Waals surface area contributed by atoms with Gasteiger partial charge in [0.1, 0.15) is 5.60 Å². The molecule has 1 amide bonds. The molecule has 0 radical (unpaired) electrons. The molecule has 3 rings (SSSR count). The van der Waals surface area contributed by atoms with E-state index in [2.05, 4.69) is 9.84 Å². The maximum atomic E-state index is 13.0. The van der Waals surface area contributed by atoms with Crippen molar-refractivity contribution in [1.82, 2.24) is 14.7 Å². The van der Waals surface area contributed by atoms with Crippen LogP contribution < -0.4 is 0 Å². The highest BCUT2D eigenvalue weighted by molar-refractivity contribution is 6.01. The van der Waals surface area contributed by atoms with E-state index < -0.39 is 37.8 Å². The largest absolute Gasteiger partial charge is 0.444 e. The van der Waals surface area contributed by atoms with Gasteiger partial charge in [0.05, 0.1) is 12.4 Å². The summed E-state index contributed by atoms with van der Waals surface area (Å²) in [4.78, 5) is 27.0. The molecule has 1 saturated heterocycles. The number of rotatable bonds is 7. The van der Waals surface area contributed by atoms with Crippen LogP contribution in [0.3, 0.4) is 0 Å². The Morgan fingerprint density at radius 2 is 2.03 bits per heavy atom. The molecule has 1 aromatic carbocycles. The minimum Gasteiger partial charge on any atom is -0.444 e. The van der Waals surface area contributed by atoms with Crippen molar-refractivity contribution < 1.29 is 28.7 Å². The minimum atomic E-state index is -3.20. The number of amides is 1. The van der Waals surface area contributed by atoms with Gasteiger partial charge in [-0.05, 0) is 70.5 Å². The molecular formula is C24H35N3O4. The van der Waals surface area contributed by atoms with Crippen molar-refractivity contribution in [2.45, 2.75) is 65.5 Å². The number of ketones is 1. The van der Waals surface area contributed by atoms with Gasteiger partial charge in [-0.25, -0.2) is 4.79 Å². The van der Waals surface area contributed by atoms with E-state index in [1.807, 2.05) is 31.6 Å². The summed E-state index contributed by atoms with van der Waals surface area (Å²) < 4.78 is 64.3. The molecule has 0 unspecified atom stereocenters. The summed E-state index contributed by atoms with van der Waals surface area (Å²) in [5.74, 6) is -0.369. The average Bonchev–Trinajstić information content (AvgIpc) is 3.14. The van der Waals surface area contributed by atoms with Gasteiger partial charge in [0.2, 0.25) is 0 Å². The van der Waals surface area contributed by atoms with Gasteiger partial charge < -0.3 is 14.4 Å². The Morgan fingerprint density at radius 1 is 1.29 bits per heavy atom. The molecule has 1 aliphatic heterocycles. The maximum absolute atomic E-state index is 13.0. The topological polar surface area (TPSA) is 73.7 Å². The number of aromatic nitrogens is 2. The molecule has 0 saturated carbocycles. The fourth-order valence-electron chi connectivity index (χ4n) is 3.81. The number of likely N-dealkylation sites (tertiary alicyclic amines) is 1. The number of ether oxygens (including phenoxy) is 2. The van der Waals surface area contributed by atoms with Crippen molar-refractivity contribution in [1.29, 1.82) is 0 Å². The van der Waals surface area contributed by atoms with Crippen molar-refractivity contribution in [2.24, 2.45) is 5.92 Å². The van der Waals surface area contributed by atoms with Crippen molar-refractivity contribution in [3.8, 4) is 0 Å². The summed E-state index contributed by atoms with van der Waals surface area (Å²) in [6.07, 6.45) is -0.657. The van der Waals surface area contributed by atoms with Gasteiger partial charge in [-0.1, -0.05) is 0 Å². The van der Waals surface area contributed by atoms with Gasteiger partial charge in [-0.15, -0.1) is 0 Å². The lowest BCUT2D eigenvalue weighted by Gasteiger charge is -2.33. The number of carbonyl (C=O) groups excluding carboxylic acids is 2. The van der Waals surface area contributed by atoms with Crippen LogP contribution in [0.2, 0.25) is 0 Å². The van der Waals surface area contributed by atoms with Crippen molar-refractivity contribution >= 4 is 22.8 Å². The Labute approximate surface area is 194 Å². The number of Topliss-reactive ketones (excluding diaryl/α,β-unsaturated/α-hetero) is 1. The second kappa shape index (κ2) is 9.81. The molecule has 7 heteroatoms. The molecule has 170 valence electrons. The summed E-state index contributed by atoms with van der Waals surface area (Å²) in [6, 6.07) is 3.17. The lowest BCUT2D eigenvalue weighted by molar-refractivity contribution is 0.0177. The second-order valence-corrected chi connectivity index (χ2v) is 8.91. The summed E-state index contributed by atoms with van der Waals surface area (Å²) in [6.45, 7) is 5.85. The minimum absolute atomic E-state index is 0.205. The van der Waals surface area contributed by atoms with Gasteiger partial charge in [0.15, 0.2) is 5.78 Å². The molecule has 2 aromatic rings. The first kappa shape index (κ1) is 15.4. The normalized spacial score (nSPS) is 20.1. The van der Waals surface area contributed by atoms with Crippen LogP contribution in [0, 0.1) is 12.8 Å². The fourth-order valence-corrected chi connectivity index (χ4v) is 3.81. The summed E-state index contributed by atoms with van der Waals surface area (Å²) >= 11 is 0. The molecule has 1 fully saturated rings. The van der Waals surface area contributed by atoms with Gasteiger partial charge in [-0.3, -0.25) is 9.48 Å². The molecule has 0 atom stereocenters. The van der Waals surface area contributed by atoms with E-state index in [1.54, 1.807) is 17.9 Å². The summed E-state index contributed by atoms with van der Waals surface area (Å²) in [5, 5.41) is 5.32. The lowest BCUT2D eigenvalue weighted by Crippen LogP contribution is -2.42. The smallest absolute Gasteiger partial charge is 0.410 e. The quantitative estimate of drug-likeness (QED) is 0.593. The van der Waals surface area contributed by atoms with Gasteiger partial charge in [-0.2, -0.15) is 5.10 Å². The molecule has 2 heterocycles. The van der Waals surface area contributed by atoms with E-state index in [9.17, 15) is 9.59 Å². The number of methoxy groups -OCH3 is 1. The lowest BCUT2D eigenvalue weighted by atomic mass is 9.97. The first-order chi connectivity index (χ1) is 17.3. The van der Waals surface area contributed by atoms with Crippen LogP contribution in [0.5, 0.6) is 0 Å². The number of hydrogen-bond acceptors (Lipinski definition) is 5. The molecule has 1 aromatic heterocycles. The zero-order valence-electron chi connectivity index (χ0n) is 25.5. The average molecular weight is 437 g/mol. The van der Waals surface area contributed by atoms with Gasteiger partial charge in [0, 0.05) is 59.5 Å². The van der Waals surface area contributed by atoms with Crippen LogP contribution >= 0.6 is 0 Å². The van der Waals surface area contributed by atoms with Crippen LogP contribution in [0.4, 0.5) is 4.79 Å². The maximum Gasteiger partial charge on any atom is 0.410 e. The zero-order valence-corrected chi connectivity index (χ0v) is 18.5. The number of aryl methyl sites for hydroxylation is 1. The predicted molar refractivity (Wildman–Crippen MR) is 120 cm³/mol. The van der Waals surface area contributed by atoms with E-state index in [0.29, 0.717) is 42.0 Å². The first-order valence-electron chi connectivity index (χ1n) is 14.0. The first-order valence-corrected chi connectivity index (χ1v) is 10.5. The van der Waals surface area contributed by atoms with Crippen LogP contribution in [-0.4, -0.2) is 58.8 Å². The summed E-state index contributed by atoms with van der Waals surface area (Å²) in [7, 11) is -3.16. The fraction of sp³-hybridized carbons (Fsp3) is 0.625. The second-order valence-electron chi connectivity index (χ2n) is 8.91. The number of nitrogens with zero attached hydrogens (tertiary/aromatic N) is 3. The summed E-state index contributed by atoms with van der Waals surface area (Å²) in [5.41, 5.74) is 0.901. The van der Waals surface area contributed by atoms with E-state index in [-0.39, 0.29) is 11.7 Å². The number of carbonyl (C=O) groups is 2.